The highest BCUT2D eigenvalue weighted by molar-refractivity contribution is 6.42. The van der Waals surface area contributed by atoms with Crippen molar-refractivity contribution in [1.82, 2.24) is 4.90 Å². The Kier molecular flexibility index (Phi) is 5.59. The number of nitrogens with two attached hydrogens (primary N) is 1. The van der Waals surface area contributed by atoms with E-state index in [1.807, 2.05) is 18.2 Å². The van der Waals surface area contributed by atoms with Gasteiger partial charge in [0.1, 0.15) is 0 Å². The Morgan fingerprint density at radius 2 is 2.10 bits per heavy atom. The first-order chi connectivity index (χ1) is 9.86. The van der Waals surface area contributed by atoms with Crippen LogP contribution in [0.4, 0.5) is 0 Å². The molecule has 0 saturated heterocycles. The second-order valence-corrected chi connectivity index (χ2v) is 7.51. The van der Waals surface area contributed by atoms with Crippen molar-refractivity contribution in [3.8, 4) is 0 Å². The highest BCUT2D eigenvalue weighted by Crippen LogP contribution is 2.39. The van der Waals surface area contributed by atoms with E-state index in [-0.39, 0.29) is 11.6 Å². The number of hydrogen-bond acceptors (Lipinski definition) is 2. The van der Waals surface area contributed by atoms with Crippen molar-refractivity contribution in [2.45, 2.75) is 50.6 Å². The van der Waals surface area contributed by atoms with E-state index < -0.39 is 0 Å². The maximum absolute atomic E-state index is 6.65. The Hall–Kier alpha value is -0.280. The summed E-state index contributed by atoms with van der Waals surface area (Å²) in [6, 6.07) is 5.86. The summed E-state index contributed by atoms with van der Waals surface area (Å²) in [4.78, 5) is 2.33. The standard InChI is InChI=1S/C17H26Cl2N2/c1-12-6-5-9-17(11-12,21(2)3)15(20)10-13-7-4-8-14(18)16(13)19/h4,7-8,12,15H,5-6,9-11,20H2,1-3H3. The first kappa shape index (κ1) is 17.1. The summed E-state index contributed by atoms with van der Waals surface area (Å²) in [6.45, 7) is 2.33. The smallest absolute Gasteiger partial charge is 0.0624 e. The van der Waals surface area contributed by atoms with Gasteiger partial charge >= 0.3 is 0 Å². The van der Waals surface area contributed by atoms with E-state index in [0.717, 1.165) is 30.7 Å². The number of benzene rings is 1. The second kappa shape index (κ2) is 6.87. The zero-order chi connectivity index (χ0) is 15.6. The summed E-state index contributed by atoms with van der Waals surface area (Å²) in [5, 5.41) is 1.25. The van der Waals surface area contributed by atoms with Gasteiger partial charge in [0.25, 0.3) is 0 Å². The molecule has 1 aliphatic rings. The molecule has 0 radical (unpaired) electrons. The lowest BCUT2D eigenvalue weighted by atomic mass is 9.70. The van der Waals surface area contributed by atoms with Crippen LogP contribution in [0, 0.1) is 5.92 Å². The summed E-state index contributed by atoms with van der Waals surface area (Å²) in [6.07, 6.45) is 5.63. The molecule has 2 rings (SSSR count). The monoisotopic (exact) mass is 328 g/mol. The fourth-order valence-electron chi connectivity index (χ4n) is 3.77. The minimum absolute atomic E-state index is 0.0588. The molecule has 0 bridgehead atoms. The fraction of sp³-hybridized carbons (Fsp3) is 0.647. The molecule has 118 valence electrons. The first-order valence-electron chi connectivity index (χ1n) is 7.72. The van der Waals surface area contributed by atoms with E-state index >= 15 is 0 Å². The maximum Gasteiger partial charge on any atom is 0.0624 e. The third-order valence-corrected chi connectivity index (χ3v) is 5.92. The van der Waals surface area contributed by atoms with Crippen LogP contribution in [0.5, 0.6) is 0 Å². The molecular formula is C17H26Cl2N2. The third kappa shape index (κ3) is 3.56. The van der Waals surface area contributed by atoms with E-state index in [4.69, 9.17) is 28.9 Å². The van der Waals surface area contributed by atoms with Crippen LogP contribution in [0.3, 0.4) is 0 Å². The van der Waals surface area contributed by atoms with Crippen LogP contribution in [0.15, 0.2) is 18.2 Å². The van der Waals surface area contributed by atoms with Crippen LogP contribution in [0.2, 0.25) is 10.0 Å². The highest BCUT2D eigenvalue weighted by Gasteiger charge is 2.42. The van der Waals surface area contributed by atoms with E-state index in [2.05, 4.69) is 25.9 Å². The molecule has 21 heavy (non-hydrogen) atoms. The molecule has 0 aliphatic heterocycles. The van der Waals surface area contributed by atoms with Crippen molar-refractivity contribution in [3.05, 3.63) is 33.8 Å². The first-order valence-corrected chi connectivity index (χ1v) is 8.48. The van der Waals surface area contributed by atoms with Gasteiger partial charge in [0.2, 0.25) is 0 Å². The normalized spacial score (nSPS) is 27.9. The zero-order valence-electron chi connectivity index (χ0n) is 13.2. The quantitative estimate of drug-likeness (QED) is 0.888. The van der Waals surface area contributed by atoms with Gasteiger partial charge in [-0.1, -0.05) is 55.1 Å². The predicted octanol–water partition coefficient (Wildman–Crippen LogP) is 4.37. The molecule has 0 amide bonds. The largest absolute Gasteiger partial charge is 0.326 e. The number of rotatable bonds is 4. The van der Waals surface area contributed by atoms with E-state index in [0.29, 0.717) is 10.0 Å². The number of nitrogens with zero attached hydrogens (tertiary/aromatic N) is 1. The Balaban J connectivity index is 2.23. The van der Waals surface area contributed by atoms with Crippen molar-refractivity contribution in [1.29, 1.82) is 0 Å². The molecule has 0 heterocycles. The Morgan fingerprint density at radius 1 is 1.38 bits per heavy atom. The van der Waals surface area contributed by atoms with Gasteiger partial charge in [0, 0.05) is 11.6 Å². The Bertz CT molecular complexity index is 490. The Morgan fingerprint density at radius 3 is 2.71 bits per heavy atom. The van der Waals surface area contributed by atoms with Gasteiger partial charge in [-0.25, -0.2) is 0 Å². The lowest BCUT2D eigenvalue weighted by molar-refractivity contribution is 0.0504. The van der Waals surface area contributed by atoms with E-state index in [1.54, 1.807) is 0 Å². The lowest BCUT2D eigenvalue weighted by Crippen LogP contribution is -2.60. The van der Waals surface area contributed by atoms with Crippen molar-refractivity contribution >= 4 is 23.2 Å². The van der Waals surface area contributed by atoms with Crippen LogP contribution in [-0.4, -0.2) is 30.6 Å². The van der Waals surface area contributed by atoms with Gasteiger partial charge in [-0.3, -0.25) is 0 Å². The van der Waals surface area contributed by atoms with Crippen LogP contribution in [-0.2, 0) is 6.42 Å². The summed E-state index contributed by atoms with van der Waals surface area (Å²) in [5.74, 6) is 0.724. The van der Waals surface area contributed by atoms with Gasteiger partial charge in [-0.05, 0) is 50.9 Å². The average Bonchev–Trinajstić information content (AvgIpc) is 2.43. The van der Waals surface area contributed by atoms with Crippen LogP contribution >= 0.6 is 23.2 Å². The molecular weight excluding hydrogens is 303 g/mol. The molecule has 0 spiro atoms. The summed E-state index contributed by atoms with van der Waals surface area (Å²) in [7, 11) is 4.30. The molecule has 3 atom stereocenters. The average molecular weight is 329 g/mol. The van der Waals surface area contributed by atoms with Crippen molar-refractivity contribution in [2.24, 2.45) is 11.7 Å². The SMILES string of the molecule is CC1CCCC(C(N)Cc2cccc(Cl)c2Cl)(N(C)C)C1. The molecule has 0 aromatic heterocycles. The summed E-state index contributed by atoms with van der Waals surface area (Å²) in [5.41, 5.74) is 7.76. The molecule has 1 fully saturated rings. The lowest BCUT2D eigenvalue weighted by Gasteiger charge is -2.49. The van der Waals surface area contributed by atoms with Crippen LogP contribution in [0.25, 0.3) is 0 Å². The number of halogens is 2. The molecule has 1 aliphatic carbocycles. The van der Waals surface area contributed by atoms with Crippen LogP contribution < -0.4 is 5.73 Å². The van der Waals surface area contributed by atoms with E-state index in [9.17, 15) is 0 Å². The summed E-state index contributed by atoms with van der Waals surface area (Å²) < 4.78 is 0. The summed E-state index contributed by atoms with van der Waals surface area (Å²) >= 11 is 12.4. The minimum Gasteiger partial charge on any atom is -0.326 e. The predicted molar refractivity (Wildman–Crippen MR) is 92.2 cm³/mol. The number of hydrogen-bond donors (Lipinski definition) is 1. The van der Waals surface area contributed by atoms with Gasteiger partial charge < -0.3 is 10.6 Å². The zero-order valence-corrected chi connectivity index (χ0v) is 14.7. The number of likely N-dealkylation sites (N-methyl/N-ethyl adjacent to an activating group) is 1. The Labute approximate surface area is 138 Å². The van der Waals surface area contributed by atoms with Gasteiger partial charge in [-0.2, -0.15) is 0 Å². The van der Waals surface area contributed by atoms with Gasteiger partial charge in [-0.15, -0.1) is 0 Å². The highest BCUT2D eigenvalue weighted by atomic mass is 35.5. The topological polar surface area (TPSA) is 29.3 Å². The van der Waals surface area contributed by atoms with E-state index in [1.165, 1.54) is 12.8 Å². The molecule has 2 N–H and O–H groups in total. The van der Waals surface area contributed by atoms with Crippen molar-refractivity contribution < 1.29 is 0 Å². The maximum atomic E-state index is 6.65. The molecule has 3 unspecified atom stereocenters. The van der Waals surface area contributed by atoms with Gasteiger partial charge in [0.15, 0.2) is 0 Å². The minimum atomic E-state index is 0.0588. The molecule has 1 aromatic rings. The molecule has 1 aromatic carbocycles. The third-order valence-electron chi connectivity index (χ3n) is 5.06. The molecule has 1 saturated carbocycles. The van der Waals surface area contributed by atoms with Crippen LogP contribution in [0.1, 0.15) is 38.2 Å². The fourth-order valence-corrected chi connectivity index (χ4v) is 4.17. The second-order valence-electron chi connectivity index (χ2n) is 6.72. The van der Waals surface area contributed by atoms with Gasteiger partial charge in [0.05, 0.1) is 10.0 Å². The van der Waals surface area contributed by atoms with Crippen molar-refractivity contribution in [2.75, 3.05) is 14.1 Å². The molecule has 2 nitrogen and oxygen atoms in total. The molecule has 4 heteroatoms. The van der Waals surface area contributed by atoms with Crippen molar-refractivity contribution in [3.63, 3.8) is 0 Å².